The number of amides is 1. The number of fused-ring (bicyclic) bond motifs is 1. The van der Waals surface area contributed by atoms with Crippen molar-refractivity contribution in [2.45, 2.75) is 85.5 Å². The summed E-state index contributed by atoms with van der Waals surface area (Å²) < 4.78 is 14.6. The molecule has 26 heavy (non-hydrogen) atoms. The Kier molecular flexibility index (Phi) is 6.24. The van der Waals surface area contributed by atoms with Crippen LogP contribution in [0.4, 0.5) is 4.79 Å². The Bertz CT molecular complexity index is 651. The fraction of sp³-hybridized carbons (Fsp3) is 0.824. The highest BCUT2D eigenvalue weighted by atomic mass is 79.9. The first kappa shape index (κ1) is 21.4. The molecule has 2 unspecified atom stereocenters. The van der Waals surface area contributed by atoms with Gasteiger partial charge in [0.05, 0.1) is 30.9 Å². The first-order valence-electron chi connectivity index (χ1n) is 9.02. The van der Waals surface area contributed by atoms with E-state index in [0.29, 0.717) is 17.7 Å². The van der Waals surface area contributed by atoms with Gasteiger partial charge in [0.1, 0.15) is 5.60 Å². The average molecular weight is 447 g/mol. The van der Waals surface area contributed by atoms with Gasteiger partial charge >= 0.3 is 6.09 Å². The number of ether oxygens (including phenoxy) is 1. The number of hydrogen-bond acceptors (Lipinski definition) is 5. The van der Waals surface area contributed by atoms with Gasteiger partial charge in [0.25, 0.3) is 0 Å². The molecule has 0 fully saturated rings. The highest BCUT2D eigenvalue weighted by molar-refractivity contribution is 9.10. The molecule has 1 amide bonds. The number of hydrogen-bond donors (Lipinski definition) is 0. The summed E-state index contributed by atoms with van der Waals surface area (Å²) in [4.78, 5) is 14.8. The maximum atomic E-state index is 13.0. The summed E-state index contributed by atoms with van der Waals surface area (Å²) in [5.41, 5.74) is 0.193. The third-order valence-electron chi connectivity index (χ3n) is 4.12. The van der Waals surface area contributed by atoms with Gasteiger partial charge in [-0.05, 0) is 55.2 Å². The Morgan fingerprint density at radius 3 is 2.38 bits per heavy atom. The largest absolute Gasteiger partial charge is 0.444 e. The van der Waals surface area contributed by atoms with Gasteiger partial charge in [-0.2, -0.15) is 0 Å². The van der Waals surface area contributed by atoms with E-state index in [9.17, 15) is 4.79 Å². The molecule has 0 aromatic carbocycles. The number of nitrogens with zero attached hydrogens (tertiary/aromatic N) is 4. The van der Waals surface area contributed by atoms with Crippen LogP contribution in [-0.4, -0.2) is 52.8 Å². The standard InChI is InChI=1S/C17H31BrN4O3Si/c1-16(2,3)13(25-26(7)8)11-10-22-12(14(18)19-20-22)9-21(11)15(23)24-17(4,5)6/h11,13,26H,9-10H2,1-8H3. The van der Waals surface area contributed by atoms with E-state index >= 15 is 0 Å². The van der Waals surface area contributed by atoms with E-state index in [2.05, 4.69) is 60.1 Å². The number of rotatable bonds is 3. The smallest absolute Gasteiger partial charge is 0.411 e. The molecule has 1 aliphatic heterocycles. The van der Waals surface area contributed by atoms with Crippen molar-refractivity contribution in [2.75, 3.05) is 0 Å². The molecule has 0 radical (unpaired) electrons. The maximum Gasteiger partial charge on any atom is 0.411 e. The molecule has 0 bridgehead atoms. The number of halogens is 1. The number of carbonyl (C=O) groups excluding carboxylic acids is 1. The number of aromatic nitrogens is 3. The van der Waals surface area contributed by atoms with E-state index in [-0.39, 0.29) is 23.7 Å². The molecule has 2 heterocycles. The summed E-state index contributed by atoms with van der Waals surface area (Å²) in [5.74, 6) is 0. The Balaban J connectivity index is 2.42. The van der Waals surface area contributed by atoms with Crippen molar-refractivity contribution in [1.82, 2.24) is 19.9 Å². The molecule has 1 aromatic rings. The lowest BCUT2D eigenvalue weighted by Crippen LogP contribution is -2.58. The van der Waals surface area contributed by atoms with Gasteiger partial charge in [-0.3, -0.25) is 4.90 Å². The van der Waals surface area contributed by atoms with Crippen LogP contribution in [0, 0.1) is 5.41 Å². The lowest BCUT2D eigenvalue weighted by molar-refractivity contribution is -0.0421. The predicted molar refractivity (Wildman–Crippen MR) is 106 cm³/mol. The monoisotopic (exact) mass is 446 g/mol. The normalized spacial score (nSPS) is 19.5. The fourth-order valence-corrected chi connectivity index (χ4v) is 4.68. The minimum Gasteiger partial charge on any atom is -0.444 e. The van der Waals surface area contributed by atoms with Crippen LogP contribution in [0.15, 0.2) is 4.60 Å². The molecule has 0 spiro atoms. The van der Waals surface area contributed by atoms with Crippen molar-refractivity contribution in [3.05, 3.63) is 10.3 Å². The summed E-state index contributed by atoms with van der Waals surface area (Å²) in [5, 5.41) is 8.32. The van der Waals surface area contributed by atoms with Gasteiger partial charge in [0, 0.05) is 0 Å². The van der Waals surface area contributed by atoms with Gasteiger partial charge in [0.2, 0.25) is 0 Å². The van der Waals surface area contributed by atoms with E-state index in [0.717, 1.165) is 5.69 Å². The summed E-state index contributed by atoms with van der Waals surface area (Å²) in [6, 6.07) is -0.166. The summed E-state index contributed by atoms with van der Waals surface area (Å²) in [6.07, 6.45) is -0.442. The highest BCUT2D eigenvalue weighted by Gasteiger charge is 2.44. The molecule has 9 heteroatoms. The minimum absolute atomic E-state index is 0.113. The predicted octanol–water partition coefficient (Wildman–Crippen LogP) is 3.57. The van der Waals surface area contributed by atoms with Crippen LogP contribution in [0.1, 0.15) is 47.2 Å². The van der Waals surface area contributed by atoms with Crippen molar-refractivity contribution in [1.29, 1.82) is 0 Å². The summed E-state index contributed by atoms with van der Waals surface area (Å²) in [6.45, 7) is 17.3. The average Bonchev–Trinajstić information content (AvgIpc) is 2.81. The Morgan fingerprint density at radius 1 is 1.27 bits per heavy atom. The van der Waals surface area contributed by atoms with E-state index in [1.165, 1.54) is 0 Å². The molecule has 1 aromatic heterocycles. The van der Waals surface area contributed by atoms with Crippen molar-refractivity contribution in [3.63, 3.8) is 0 Å². The highest BCUT2D eigenvalue weighted by Crippen LogP contribution is 2.34. The molecule has 0 saturated carbocycles. The fourth-order valence-electron chi connectivity index (χ4n) is 3.10. The molecule has 2 rings (SSSR count). The van der Waals surface area contributed by atoms with Crippen molar-refractivity contribution >= 4 is 31.1 Å². The first-order valence-corrected chi connectivity index (χ1v) is 12.6. The maximum absolute atomic E-state index is 13.0. The van der Waals surface area contributed by atoms with Gasteiger partial charge < -0.3 is 9.16 Å². The molecule has 148 valence electrons. The zero-order valence-corrected chi connectivity index (χ0v) is 19.8. The molecule has 0 saturated heterocycles. The van der Waals surface area contributed by atoms with Gasteiger partial charge in [-0.1, -0.05) is 26.0 Å². The van der Waals surface area contributed by atoms with Crippen LogP contribution in [0.3, 0.4) is 0 Å². The second-order valence-corrected chi connectivity index (χ2v) is 12.3. The topological polar surface area (TPSA) is 69.5 Å². The van der Waals surface area contributed by atoms with Crippen LogP contribution >= 0.6 is 15.9 Å². The van der Waals surface area contributed by atoms with Gasteiger partial charge in [-0.15, -0.1) is 5.10 Å². The van der Waals surface area contributed by atoms with E-state index < -0.39 is 14.6 Å². The Morgan fingerprint density at radius 2 is 1.88 bits per heavy atom. The van der Waals surface area contributed by atoms with E-state index in [4.69, 9.17) is 9.16 Å². The lowest BCUT2D eigenvalue weighted by atomic mass is 9.83. The van der Waals surface area contributed by atoms with Gasteiger partial charge in [-0.25, -0.2) is 9.48 Å². The van der Waals surface area contributed by atoms with Crippen LogP contribution in [-0.2, 0) is 22.3 Å². The zero-order chi connectivity index (χ0) is 19.9. The van der Waals surface area contributed by atoms with Crippen molar-refractivity contribution < 1.29 is 14.0 Å². The Labute approximate surface area is 166 Å². The zero-order valence-electron chi connectivity index (χ0n) is 17.0. The summed E-state index contributed by atoms with van der Waals surface area (Å²) >= 11 is 3.43. The van der Waals surface area contributed by atoms with Crippen molar-refractivity contribution in [3.8, 4) is 0 Å². The molecular weight excluding hydrogens is 416 g/mol. The van der Waals surface area contributed by atoms with Gasteiger partial charge in [0.15, 0.2) is 13.6 Å². The van der Waals surface area contributed by atoms with Crippen LogP contribution < -0.4 is 0 Å². The first-order chi connectivity index (χ1) is 11.8. The Hall–Kier alpha value is -0.933. The second-order valence-electron chi connectivity index (χ2n) is 9.16. The van der Waals surface area contributed by atoms with E-state index in [1.54, 1.807) is 4.90 Å². The molecule has 0 aliphatic carbocycles. The van der Waals surface area contributed by atoms with Crippen LogP contribution in [0.25, 0.3) is 0 Å². The number of carbonyl (C=O) groups is 1. The molecule has 1 aliphatic rings. The lowest BCUT2D eigenvalue weighted by Gasteiger charge is -2.45. The van der Waals surface area contributed by atoms with Crippen LogP contribution in [0.5, 0.6) is 0 Å². The molecule has 2 atom stereocenters. The molecule has 0 N–H and O–H groups in total. The van der Waals surface area contributed by atoms with Crippen molar-refractivity contribution in [2.24, 2.45) is 5.41 Å². The third-order valence-corrected chi connectivity index (χ3v) is 5.57. The third kappa shape index (κ3) is 5.07. The quantitative estimate of drug-likeness (QED) is 0.663. The minimum atomic E-state index is -1.31. The molecular formula is C17H31BrN4O3Si. The SMILES string of the molecule is C[SiH](C)OC(C1Cn2nnc(Br)c2CN1C(=O)OC(C)(C)C)C(C)(C)C. The second kappa shape index (κ2) is 7.59. The summed E-state index contributed by atoms with van der Waals surface area (Å²) in [7, 11) is -1.31. The van der Waals surface area contributed by atoms with Crippen LogP contribution in [0.2, 0.25) is 13.1 Å². The van der Waals surface area contributed by atoms with E-state index in [1.807, 2.05) is 25.5 Å². The molecule has 7 nitrogen and oxygen atoms in total.